The number of carboxylic acid groups (broad SMARTS) is 1. The largest absolute Gasteiger partial charge is 0.481 e. The fraction of sp³-hybridized carbons (Fsp3) is 0.227. The van der Waals surface area contributed by atoms with Crippen molar-refractivity contribution in [2.45, 2.75) is 25.7 Å². The van der Waals surface area contributed by atoms with Crippen LogP contribution in [0.25, 0.3) is 10.9 Å². The summed E-state index contributed by atoms with van der Waals surface area (Å²) >= 11 is 16.0. The molecular formula is C22H19BrCl2N2O3. The lowest BCUT2D eigenvalue weighted by molar-refractivity contribution is -0.137. The predicted octanol–water partition coefficient (Wildman–Crippen LogP) is 5.99. The molecule has 1 heterocycles. The van der Waals surface area contributed by atoms with Gasteiger partial charge in [-0.3, -0.25) is 9.59 Å². The molecule has 0 bridgehead atoms. The van der Waals surface area contributed by atoms with Crippen LogP contribution in [0.3, 0.4) is 0 Å². The molecule has 0 spiro atoms. The summed E-state index contributed by atoms with van der Waals surface area (Å²) in [6, 6.07) is 12.7. The van der Waals surface area contributed by atoms with E-state index in [1.807, 2.05) is 30.3 Å². The SMILES string of the molecule is Cc1c(Cl)nc2ccc(Br)cc2c1C(=O)NCC(CCC(=O)O)c1ccccc1Cl. The maximum Gasteiger partial charge on any atom is 0.303 e. The number of benzene rings is 2. The van der Waals surface area contributed by atoms with Gasteiger partial charge >= 0.3 is 5.97 Å². The Morgan fingerprint density at radius 1 is 1.20 bits per heavy atom. The lowest BCUT2D eigenvalue weighted by Gasteiger charge is -2.19. The Kier molecular flexibility index (Phi) is 7.34. The summed E-state index contributed by atoms with van der Waals surface area (Å²) in [5.74, 6) is -1.44. The molecular weight excluding hydrogens is 491 g/mol. The Balaban J connectivity index is 1.90. The molecule has 2 aromatic carbocycles. The monoisotopic (exact) mass is 508 g/mol. The summed E-state index contributed by atoms with van der Waals surface area (Å²) in [7, 11) is 0. The average Bonchev–Trinajstić information content (AvgIpc) is 2.70. The van der Waals surface area contributed by atoms with Gasteiger partial charge in [0.2, 0.25) is 0 Å². The molecule has 1 atom stereocenters. The Hall–Kier alpha value is -2.15. The van der Waals surface area contributed by atoms with Crippen LogP contribution in [0.5, 0.6) is 0 Å². The zero-order valence-corrected chi connectivity index (χ0v) is 19.2. The van der Waals surface area contributed by atoms with Crippen LogP contribution in [0.2, 0.25) is 10.2 Å². The average molecular weight is 510 g/mol. The molecule has 8 heteroatoms. The first kappa shape index (κ1) is 22.5. The van der Waals surface area contributed by atoms with Crippen LogP contribution in [0.1, 0.15) is 40.2 Å². The van der Waals surface area contributed by atoms with E-state index >= 15 is 0 Å². The van der Waals surface area contributed by atoms with Crippen molar-refractivity contribution in [3.8, 4) is 0 Å². The number of amides is 1. The maximum atomic E-state index is 13.1. The number of fused-ring (bicyclic) bond motifs is 1. The third-order valence-electron chi connectivity index (χ3n) is 4.92. The smallest absolute Gasteiger partial charge is 0.303 e. The van der Waals surface area contributed by atoms with Crippen molar-refractivity contribution in [2.24, 2.45) is 0 Å². The molecule has 5 nitrogen and oxygen atoms in total. The van der Waals surface area contributed by atoms with Gasteiger partial charge in [0.15, 0.2) is 0 Å². The fourth-order valence-corrected chi connectivity index (χ4v) is 4.21. The first-order valence-electron chi connectivity index (χ1n) is 9.27. The Morgan fingerprint density at radius 3 is 2.63 bits per heavy atom. The number of carboxylic acids is 1. The van der Waals surface area contributed by atoms with E-state index in [9.17, 15) is 9.59 Å². The lowest BCUT2D eigenvalue weighted by Crippen LogP contribution is -2.29. The van der Waals surface area contributed by atoms with E-state index in [4.69, 9.17) is 28.3 Å². The van der Waals surface area contributed by atoms with Gasteiger partial charge in [0.1, 0.15) is 5.15 Å². The molecule has 2 N–H and O–H groups in total. The third-order valence-corrected chi connectivity index (χ3v) is 6.12. The zero-order chi connectivity index (χ0) is 21.8. The maximum absolute atomic E-state index is 13.1. The molecule has 0 fully saturated rings. The van der Waals surface area contributed by atoms with E-state index in [2.05, 4.69) is 26.2 Å². The highest BCUT2D eigenvalue weighted by molar-refractivity contribution is 9.10. The fourth-order valence-electron chi connectivity index (χ4n) is 3.37. The quantitative estimate of drug-likeness (QED) is 0.383. The van der Waals surface area contributed by atoms with Gasteiger partial charge in [-0.25, -0.2) is 4.98 Å². The highest BCUT2D eigenvalue weighted by atomic mass is 79.9. The van der Waals surface area contributed by atoms with E-state index in [-0.39, 0.29) is 29.9 Å². The number of hydrogen-bond donors (Lipinski definition) is 2. The second kappa shape index (κ2) is 9.77. The van der Waals surface area contributed by atoms with Crippen LogP contribution in [0.4, 0.5) is 0 Å². The van der Waals surface area contributed by atoms with Crippen LogP contribution in [0, 0.1) is 6.92 Å². The topological polar surface area (TPSA) is 79.3 Å². The molecule has 0 saturated carbocycles. The van der Waals surface area contributed by atoms with Gasteiger partial charge < -0.3 is 10.4 Å². The van der Waals surface area contributed by atoms with Gasteiger partial charge in [-0.05, 0) is 48.7 Å². The van der Waals surface area contributed by atoms with Crippen molar-refractivity contribution in [2.75, 3.05) is 6.54 Å². The molecule has 1 amide bonds. The third kappa shape index (κ3) is 5.12. The van der Waals surface area contributed by atoms with Crippen LogP contribution < -0.4 is 5.32 Å². The number of pyridine rings is 1. The van der Waals surface area contributed by atoms with Crippen LogP contribution in [-0.4, -0.2) is 28.5 Å². The van der Waals surface area contributed by atoms with E-state index in [1.165, 1.54) is 0 Å². The van der Waals surface area contributed by atoms with Crippen LogP contribution in [0.15, 0.2) is 46.9 Å². The number of halogens is 3. The van der Waals surface area contributed by atoms with Crippen molar-refractivity contribution < 1.29 is 14.7 Å². The molecule has 0 radical (unpaired) electrons. The highest BCUT2D eigenvalue weighted by Crippen LogP contribution is 2.30. The minimum Gasteiger partial charge on any atom is -0.481 e. The van der Waals surface area contributed by atoms with Gasteiger partial charge in [-0.15, -0.1) is 0 Å². The van der Waals surface area contributed by atoms with Crippen molar-refractivity contribution in [3.63, 3.8) is 0 Å². The molecule has 156 valence electrons. The van der Waals surface area contributed by atoms with Crippen LogP contribution in [-0.2, 0) is 4.79 Å². The number of carbonyl (C=O) groups is 2. The van der Waals surface area contributed by atoms with E-state index in [1.54, 1.807) is 19.1 Å². The molecule has 1 aromatic heterocycles. The van der Waals surface area contributed by atoms with Gasteiger partial charge in [0, 0.05) is 33.8 Å². The second-order valence-electron chi connectivity index (χ2n) is 6.92. The number of nitrogens with zero attached hydrogens (tertiary/aromatic N) is 1. The molecule has 0 aliphatic heterocycles. The molecule has 0 saturated heterocycles. The Labute approximate surface area is 192 Å². The van der Waals surface area contributed by atoms with Crippen molar-refractivity contribution >= 4 is 61.9 Å². The molecule has 3 aromatic rings. The van der Waals surface area contributed by atoms with Crippen molar-refractivity contribution in [1.82, 2.24) is 10.3 Å². The summed E-state index contributed by atoms with van der Waals surface area (Å²) in [5.41, 5.74) is 2.45. The number of aromatic nitrogens is 1. The zero-order valence-electron chi connectivity index (χ0n) is 16.1. The molecule has 3 rings (SSSR count). The summed E-state index contributed by atoms with van der Waals surface area (Å²) in [6.07, 6.45) is 0.323. The predicted molar refractivity (Wildman–Crippen MR) is 123 cm³/mol. The van der Waals surface area contributed by atoms with Gasteiger partial charge in [-0.1, -0.05) is 57.3 Å². The molecule has 1 unspecified atom stereocenters. The van der Waals surface area contributed by atoms with E-state index < -0.39 is 5.97 Å². The summed E-state index contributed by atoms with van der Waals surface area (Å²) in [6.45, 7) is 1.99. The molecule has 30 heavy (non-hydrogen) atoms. The Bertz CT molecular complexity index is 1120. The number of carbonyl (C=O) groups excluding carboxylic acids is 1. The molecule has 0 aliphatic rings. The first-order valence-corrected chi connectivity index (χ1v) is 10.8. The number of aliphatic carboxylic acids is 1. The normalized spacial score (nSPS) is 12.0. The number of nitrogens with one attached hydrogen (secondary N) is 1. The van der Waals surface area contributed by atoms with Gasteiger partial charge in [-0.2, -0.15) is 0 Å². The molecule has 0 aliphatic carbocycles. The van der Waals surface area contributed by atoms with Crippen LogP contribution >= 0.6 is 39.1 Å². The van der Waals surface area contributed by atoms with Gasteiger partial charge in [0.05, 0.1) is 11.1 Å². The van der Waals surface area contributed by atoms with Crippen molar-refractivity contribution in [1.29, 1.82) is 0 Å². The van der Waals surface area contributed by atoms with E-state index in [0.717, 1.165) is 10.0 Å². The Morgan fingerprint density at radius 2 is 1.93 bits per heavy atom. The second-order valence-corrected chi connectivity index (χ2v) is 8.61. The van der Waals surface area contributed by atoms with Crippen molar-refractivity contribution in [3.05, 3.63) is 73.8 Å². The highest BCUT2D eigenvalue weighted by Gasteiger charge is 2.21. The lowest BCUT2D eigenvalue weighted by atomic mass is 9.93. The summed E-state index contributed by atoms with van der Waals surface area (Å²) in [5, 5.41) is 13.5. The standard InChI is InChI=1S/C22H19BrCl2N2O3/c1-12-20(16-10-14(23)7-8-18(16)27-21(12)25)22(30)26-11-13(6-9-19(28)29)15-4-2-3-5-17(15)24/h2-5,7-8,10,13H,6,9,11H2,1H3,(H,26,30)(H,28,29). The minimum absolute atomic E-state index is 0.0260. The van der Waals surface area contributed by atoms with Gasteiger partial charge in [0.25, 0.3) is 5.91 Å². The first-order chi connectivity index (χ1) is 14.3. The summed E-state index contributed by atoms with van der Waals surface area (Å²) < 4.78 is 0.822. The minimum atomic E-state index is -0.897. The number of hydrogen-bond acceptors (Lipinski definition) is 3. The number of rotatable bonds is 7. The summed E-state index contributed by atoms with van der Waals surface area (Å²) in [4.78, 5) is 28.6. The van der Waals surface area contributed by atoms with E-state index in [0.29, 0.717) is 33.5 Å².